The van der Waals surface area contributed by atoms with Gasteiger partial charge in [0.2, 0.25) is 11.8 Å². The number of carbonyl (C=O) groups excluding carboxylic acids is 4. The molecular weight excluding hydrogens is 627 g/mol. The van der Waals surface area contributed by atoms with Crippen molar-refractivity contribution in [2.75, 3.05) is 25.0 Å². The van der Waals surface area contributed by atoms with Crippen LogP contribution in [0.1, 0.15) is 40.9 Å². The molecule has 0 spiro atoms. The molecular formula is C36H34F3N3O6. The number of phenols is 1. The van der Waals surface area contributed by atoms with Gasteiger partial charge in [-0.25, -0.2) is 0 Å². The number of carbonyl (C=O) groups is 4. The summed E-state index contributed by atoms with van der Waals surface area (Å²) in [5.41, 5.74) is -1.05. The van der Waals surface area contributed by atoms with Gasteiger partial charge in [-0.15, -0.1) is 0 Å². The molecule has 250 valence electrons. The molecule has 4 N–H and O–H groups in total. The smallest absolute Gasteiger partial charge is 0.416 e. The van der Waals surface area contributed by atoms with Crippen LogP contribution < -0.4 is 16.0 Å². The third-order valence-corrected chi connectivity index (χ3v) is 7.52. The van der Waals surface area contributed by atoms with Gasteiger partial charge in [-0.3, -0.25) is 19.2 Å². The number of benzene rings is 4. The lowest BCUT2D eigenvalue weighted by Crippen LogP contribution is -2.57. The second-order valence-electron chi connectivity index (χ2n) is 10.8. The van der Waals surface area contributed by atoms with Crippen LogP contribution in [-0.2, 0) is 37.1 Å². The van der Waals surface area contributed by atoms with E-state index in [4.69, 9.17) is 4.74 Å². The molecule has 0 fully saturated rings. The van der Waals surface area contributed by atoms with Crippen LogP contribution in [0.2, 0.25) is 0 Å². The first-order valence-corrected chi connectivity index (χ1v) is 15.1. The molecule has 0 heterocycles. The predicted octanol–water partition coefficient (Wildman–Crippen LogP) is 5.63. The minimum Gasteiger partial charge on any atom is -0.506 e. The van der Waals surface area contributed by atoms with E-state index in [0.717, 1.165) is 12.1 Å². The third-order valence-electron chi connectivity index (χ3n) is 7.52. The number of phenolic OH excluding ortho intramolecular Hbond substituents is 1. The van der Waals surface area contributed by atoms with Crippen LogP contribution >= 0.6 is 0 Å². The summed E-state index contributed by atoms with van der Waals surface area (Å²) >= 11 is 0. The molecule has 0 unspecified atom stereocenters. The van der Waals surface area contributed by atoms with Crippen molar-refractivity contribution in [2.24, 2.45) is 0 Å². The van der Waals surface area contributed by atoms with E-state index in [1.807, 2.05) is 0 Å². The van der Waals surface area contributed by atoms with Gasteiger partial charge in [-0.05, 0) is 66.4 Å². The number of nitrogens with one attached hydrogen (secondary N) is 3. The van der Waals surface area contributed by atoms with Crippen LogP contribution in [0, 0.1) is 0 Å². The first-order chi connectivity index (χ1) is 22.9. The van der Waals surface area contributed by atoms with E-state index >= 15 is 0 Å². The summed E-state index contributed by atoms with van der Waals surface area (Å²) in [7, 11) is 0. The minimum absolute atomic E-state index is 0.0231. The van der Waals surface area contributed by atoms with Crippen molar-refractivity contribution >= 4 is 29.4 Å². The predicted molar refractivity (Wildman–Crippen MR) is 173 cm³/mol. The zero-order valence-corrected chi connectivity index (χ0v) is 26.2. The van der Waals surface area contributed by atoms with Crippen molar-refractivity contribution in [3.05, 3.63) is 119 Å². The van der Waals surface area contributed by atoms with Gasteiger partial charge in [0.15, 0.2) is 5.41 Å². The number of hydrogen-bond donors (Lipinski definition) is 4. The molecule has 4 rings (SSSR count). The van der Waals surface area contributed by atoms with E-state index in [1.165, 1.54) is 36.4 Å². The van der Waals surface area contributed by atoms with Crippen LogP contribution in [-0.4, -0.2) is 48.5 Å². The van der Waals surface area contributed by atoms with Crippen molar-refractivity contribution in [3.8, 4) is 16.9 Å². The molecule has 0 aromatic heterocycles. The number of rotatable bonds is 12. The number of anilines is 1. The highest BCUT2D eigenvalue weighted by Crippen LogP contribution is 2.33. The quantitative estimate of drug-likeness (QED) is 0.0885. The Kier molecular flexibility index (Phi) is 11.2. The molecule has 0 radical (unpaired) electrons. The number of hydrogen-bond acceptors (Lipinski definition) is 6. The Balaban J connectivity index is 1.48. The summed E-state index contributed by atoms with van der Waals surface area (Å²) in [6.07, 6.45) is -4.83. The van der Waals surface area contributed by atoms with Crippen molar-refractivity contribution in [3.63, 3.8) is 0 Å². The van der Waals surface area contributed by atoms with Gasteiger partial charge in [0.25, 0.3) is 5.91 Å². The monoisotopic (exact) mass is 661 g/mol. The maximum atomic E-state index is 13.3. The Morgan fingerprint density at radius 1 is 0.750 bits per heavy atom. The van der Waals surface area contributed by atoms with E-state index in [1.54, 1.807) is 62.4 Å². The number of esters is 1. The molecule has 0 aliphatic heterocycles. The van der Waals surface area contributed by atoms with Crippen LogP contribution in [0.3, 0.4) is 0 Å². The van der Waals surface area contributed by atoms with Crippen molar-refractivity contribution < 1.29 is 42.2 Å². The van der Waals surface area contributed by atoms with Gasteiger partial charge in [0.1, 0.15) is 12.4 Å². The summed E-state index contributed by atoms with van der Waals surface area (Å²) < 4.78 is 44.6. The highest BCUT2D eigenvalue weighted by molar-refractivity contribution is 6.11. The molecule has 3 amide bonds. The Hall–Kier alpha value is -5.65. The zero-order valence-electron chi connectivity index (χ0n) is 26.2. The fourth-order valence-corrected chi connectivity index (χ4v) is 5.09. The van der Waals surface area contributed by atoms with Gasteiger partial charge in [0.05, 0.1) is 17.7 Å². The third kappa shape index (κ3) is 8.00. The Morgan fingerprint density at radius 3 is 1.94 bits per heavy atom. The van der Waals surface area contributed by atoms with Gasteiger partial charge in [-0.2, -0.15) is 13.2 Å². The Morgan fingerprint density at radius 2 is 1.35 bits per heavy atom. The van der Waals surface area contributed by atoms with E-state index in [2.05, 4.69) is 16.0 Å². The van der Waals surface area contributed by atoms with Crippen LogP contribution in [0.5, 0.6) is 5.75 Å². The van der Waals surface area contributed by atoms with E-state index in [0.29, 0.717) is 22.3 Å². The number of ether oxygens (including phenoxy) is 1. The zero-order chi connectivity index (χ0) is 34.9. The van der Waals surface area contributed by atoms with Gasteiger partial charge >= 0.3 is 12.1 Å². The van der Waals surface area contributed by atoms with Crippen LogP contribution in [0.15, 0.2) is 97.1 Å². The maximum absolute atomic E-state index is 13.3. The molecule has 0 aliphatic rings. The Bertz CT molecular complexity index is 1760. The standard InChI is InChI=1S/C36H34F3N3O6/c1-3-40-33(46)35(34(47)41-4-2,25-10-6-5-7-11-25)22-48-31(44)21-23-14-19-29(30(43)20-23)42-32(45)28-13-9-8-12-27(28)24-15-17-26(18-16-24)36(37,38)39/h5-20,43H,3-4,21-22H2,1-2H3,(H,40,46)(H,41,47)(H,42,45). The second-order valence-corrected chi connectivity index (χ2v) is 10.8. The topological polar surface area (TPSA) is 134 Å². The normalized spacial score (nSPS) is 11.4. The largest absolute Gasteiger partial charge is 0.506 e. The second kappa shape index (κ2) is 15.3. The summed E-state index contributed by atoms with van der Waals surface area (Å²) in [6, 6.07) is 23.1. The fraction of sp³-hybridized carbons (Fsp3) is 0.222. The first-order valence-electron chi connectivity index (χ1n) is 15.1. The highest BCUT2D eigenvalue weighted by Gasteiger charge is 2.48. The van der Waals surface area contributed by atoms with Gasteiger partial charge < -0.3 is 25.8 Å². The molecule has 0 saturated carbocycles. The first kappa shape index (κ1) is 35.2. The van der Waals surface area contributed by atoms with E-state index in [9.17, 15) is 37.5 Å². The Labute approximate surface area is 275 Å². The number of amides is 3. The lowest BCUT2D eigenvalue weighted by Gasteiger charge is -2.31. The SMILES string of the molecule is CCNC(=O)C(COC(=O)Cc1ccc(NC(=O)c2ccccc2-c2ccc(C(F)(F)F)cc2)c(O)c1)(C(=O)NCC)c1ccccc1. The van der Waals surface area contributed by atoms with Crippen molar-refractivity contribution in [1.29, 1.82) is 0 Å². The molecule has 0 saturated heterocycles. The summed E-state index contributed by atoms with van der Waals surface area (Å²) in [5.74, 6) is -3.02. The fourth-order valence-electron chi connectivity index (χ4n) is 5.09. The van der Waals surface area contributed by atoms with Crippen LogP contribution in [0.4, 0.5) is 18.9 Å². The lowest BCUT2D eigenvalue weighted by molar-refractivity contribution is -0.150. The molecule has 48 heavy (non-hydrogen) atoms. The molecule has 0 bridgehead atoms. The number of aromatic hydroxyl groups is 1. The number of likely N-dealkylation sites (N-methyl/N-ethyl adjacent to an activating group) is 2. The molecule has 4 aromatic carbocycles. The van der Waals surface area contributed by atoms with Crippen molar-refractivity contribution in [1.82, 2.24) is 10.6 Å². The molecule has 0 aliphatic carbocycles. The molecule has 12 heteroatoms. The van der Waals surface area contributed by atoms with Crippen molar-refractivity contribution in [2.45, 2.75) is 31.9 Å². The summed E-state index contributed by atoms with van der Waals surface area (Å²) in [5, 5.41) is 18.6. The number of alkyl halides is 3. The minimum atomic E-state index is -4.50. The summed E-state index contributed by atoms with van der Waals surface area (Å²) in [6.45, 7) is 3.31. The lowest BCUT2D eigenvalue weighted by atomic mass is 9.79. The van der Waals surface area contributed by atoms with Crippen LogP contribution in [0.25, 0.3) is 11.1 Å². The highest BCUT2D eigenvalue weighted by atomic mass is 19.4. The number of halogens is 3. The van der Waals surface area contributed by atoms with E-state index < -0.39 is 47.5 Å². The average Bonchev–Trinajstić information content (AvgIpc) is 3.06. The molecule has 9 nitrogen and oxygen atoms in total. The van der Waals surface area contributed by atoms with Gasteiger partial charge in [0, 0.05) is 18.7 Å². The molecule has 4 aromatic rings. The average molecular weight is 662 g/mol. The molecule has 0 atom stereocenters. The van der Waals surface area contributed by atoms with E-state index in [-0.39, 0.29) is 36.5 Å². The summed E-state index contributed by atoms with van der Waals surface area (Å²) in [4.78, 5) is 52.8. The maximum Gasteiger partial charge on any atom is 0.416 e. The van der Waals surface area contributed by atoms with Gasteiger partial charge in [-0.1, -0.05) is 66.7 Å².